The lowest BCUT2D eigenvalue weighted by Crippen LogP contribution is -2.08. The van der Waals surface area contributed by atoms with Gasteiger partial charge in [0.05, 0.1) is 17.2 Å². The first-order valence-corrected chi connectivity index (χ1v) is 5.54. The molecule has 1 aromatic carbocycles. The smallest absolute Gasteiger partial charge is 0.420 e. The molecule has 2 rings (SSSR count). The van der Waals surface area contributed by atoms with Gasteiger partial charge < -0.3 is 4.74 Å². The topological polar surface area (TPSA) is 58.8 Å². The molecule has 0 N–H and O–H groups in total. The van der Waals surface area contributed by atoms with Gasteiger partial charge in [0.2, 0.25) is 5.88 Å². The fraction of sp³-hybridized carbons (Fsp3) is 0.0833. The van der Waals surface area contributed by atoms with Crippen molar-refractivity contribution in [2.75, 3.05) is 0 Å². The van der Waals surface area contributed by atoms with E-state index in [1.807, 2.05) is 0 Å². The second-order valence-electron chi connectivity index (χ2n) is 3.60. The Balaban J connectivity index is 2.44. The molecule has 20 heavy (non-hydrogen) atoms. The van der Waals surface area contributed by atoms with Crippen LogP contribution in [0.2, 0.25) is 5.15 Å². The van der Waals surface area contributed by atoms with E-state index in [-0.39, 0.29) is 16.6 Å². The standard InChI is InChI=1S/C12H5ClF3N3O/c13-10-4-11(19-6-18-10)20-9-2-1-7(5-17)3-8(9)12(14,15)16/h1-4,6H. The van der Waals surface area contributed by atoms with Crippen LogP contribution in [0, 0.1) is 11.3 Å². The van der Waals surface area contributed by atoms with Crippen molar-refractivity contribution < 1.29 is 17.9 Å². The summed E-state index contributed by atoms with van der Waals surface area (Å²) in [4.78, 5) is 7.24. The number of nitrogens with zero attached hydrogens (tertiary/aromatic N) is 3. The molecule has 2 aromatic rings. The Bertz CT molecular complexity index is 682. The van der Waals surface area contributed by atoms with E-state index in [9.17, 15) is 13.2 Å². The van der Waals surface area contributed by atoms with Crippen LogP contribution in [0.15, 0.2) is 30.6 Å². The highest BCUT2D eigenvalue weighted by molar-refractivity contribution is 6.29. The van der Waals surface area contributed by atoms with Crippen LogP contribution in [-0.4, -0.2) is 9.97 Å². The SMILES string of the molecule is N#Cc1ccc(Oc2cc(Cl)ncn2)c(C(F)(F)F)c1. The summed E-state index contributed by atoms with van der Waals surface area (Å²) < 4.78 is 43.7. The Kier molecular flexibility index (Phi) is 3.77. The molecule has 0 amide bonds. The lowest BCUT2D eigenvalue weighted by Gasteiger charge is -2.13. The number of ether oxygens (including phenoxy) is 1. The van der Waals surface area contributed by atoms with Crippen molar-refractivity contribution in [1.82, 2.24) is 9.97 Å². The summed E-state index contributed by atoms with van der Waals surface area (Å²) in [5, 5.41) is 8.69. The van der Waals surface area contributed by atoms with E-state index in [1.165, 1.54) is 12.1 Å². The van der Waals surface area contributed by atoms with Gasteiger partial charge >= 0.3 is 6.18 Å². The van der Waals surface area contributed by atoms with Gasteiger partial charge in [-0.3, -0.25) is 0 Å². The Morgan fingerprint density at radius 3 is 2.55 bits per heavy atom. The van der Waals surface area contributed by atoms with Gasteiger partial charge in [-0.25, -0.2) is 9.97 Å². The van der Waals surface area contributed by atoms with E-state index in [0.29, 0.717) is 6.07 Å². The molecule has 0 spiro atoms. The summed E-state index contributed by atoms with van der Waals surface area (Å²) in [6, 6.07) is 5.79. The maximum Gasteiger partial charge on any atom is 0.420 e. The van der Waals surface area contributed by atoms with Gasteiger partial charge in [-0.05, 0) is 18.2 Å². The van der Waals surface area contributed by atoms with Crippen LogP contribution in [0.1, 0.15) is 11.1 Å². The lowest BCUT2D eigenvalue weighted by molar-refractivity contribution is -0.138. The molecule has 0 unspecified atom stereocenters. The Labute approximate surface area is 116 Å². The highest BCUT2D eigenvalue weighted by Gasteiger charge is 2.35. The molecular weight excluding hydrogens is 295 g/mol. The summed E-state index contributed by atoms with van der Waals surface area (Å²) in [7, 11) is 0. The van der Waals surface area contributed by atoms with Crippen LogP contribution in [-0.2, 0) is 6.18 Å². The van der Waals surface area contributed by atoms with Crippen molar-refractivity contribution in [1.29, 1.82) is 5.26 Å². The minimum Gasteiger partial charge on any atom is -0.438 e. The molecule has 102 valence electrons. The van der Waals surface area contributed by atoms with E-state index >= 15 is 0 Å². The van der Waals surface area contributed by atoms with Crippen LogP contribution in [0.3, 0.4) is 0 Å². The zero-order valence-electron chi connectivity index (χ0n) is 9.65. The number of alkyl halides is 3. The fourth-order valence-electron chi connectivity index (χ4n) is 1.40. The van der Waals surface area contributed by atoms with E-state index in [1.54, 1.807) is 6.07 Å². The molecule has 0 radical (unpaired) electrons. The van der Waals surface area contributed by atoms with E-state index in [4.69, 9.17) is 21.6 Å². The van der Waals surface area contributed by atoms with Gasteiger partial charge in [0.25, 0.3) is 0 Å². The molecule has 8 heteroatoms. The summed E-state index contributed by atoms with van der Waals surface area (Å²) in [6.07, 6.45) is -3.59. The number of aromatic nitrogens is 2. The summed E-state index contributed by atoms with van der Waals surface area (Å²) >= 11 is 5.59. The second kappa shape index (κ2) is 5.35. The normalized spacial score (nSPS) is 10.9. The van der Waals surface area contributed by atoms with Crippen molar-refractivity contribution in [2.45, 2.75) is 6.18 Å². The van der Waals surface area contributed by atoms with E-state index in [0.717, 1.165) is 12.4 Å². The Hall–Kier alpha value is -2.33. The summed E-state index contributed by atoms with van der Waals surface area (Å²) in [6.45, 7) is 0. The molecule has 0 aliphatic rings. The molecule has 0 saturated heterocycles. The zero-order chi connectivity index (χ0) is 14.8. The van der Waals surface area contributed by atoms with Crippen molar-refractivity contribution in [3.05, 3.63) is 46.9 Å². The van der Waals surface area contributed by atoms with Crippen LogP contribution >= 0.6 is 11.6 Å². The van der Waals surface area contributed by atoms with Gasteiger partial charge in [0, 0.05) is 6.07 Å². The highest BCUT2D eigenvalue weighted by Crippen LogP contribution is 2.38. The fourth-order valence-corrected chi connectivity index (χ4v) is 1.53. The predicted octanol–water partition coefficient (Wildman–Crippen LogP) is 3.81. The van der Waals surface area contributed by atoms with Crippen LogP contribution < -0.4 is 4.74 Å². The first-order chi connectivity index (χ1) is 9.40. The van der Waals surface area contributed by atoms with Crippen molar-refractivity contribution >= 4 is 11.6 Å². The van der Waals surface area contributed by atoms with Gasteiger partial charge in [-0.15, -0.1) is 0 Å². The number of benzene rings is 1. The number of hydrogen-bond donors (Lipinski definition) is 0. The maximum atomic E-state index is 12.9. The minimum atomic E-state index is -4.65. The molecule has 0 aliphatic heterocycles. The van der Waals surface area contributed by atoms with Gasteiger partial charge in [-0.2, -0.15) is 18.4 Å². The first-order valence-electron chi connectivity index (χ1n) is 5.17. The second-order valence-corrected chi connectivity index (χ2v) is 3.99. The van der Waals surface area contributed by atoms with Gasteiger partial charge in [-0.1, -0.05) is 11.6 Å². The molecule has 0 saturated carbocycles. The number of halogens is 4. The molecule has 1 aromatic heterocycles. The number of rotatable bonds is 2. The van der Waals surface area contributed by atoms with Gasteiger partial charge in [0.15, 0.2) is 0 Å². The first kappa shape index (κ1) is 14.1. The van der Waals surface area contributed by atoms with E-state index in [2.05, 4.69) is 9.97 Å². The average Bonchev–Trinajstić information content (AvgIpc) is 2.38. The molecule has 0 atom stereocenters. The average molecular weight is 300 g/mol. The Morgan fingerprint density at radius 1 is 1.20 bits per heavy atom. The predicted molar refractivity (Wildman–Crippen MR) is 63.3 cm³/mol. The van der Waals surface area contributed by atoms with Crippen LogP contribution in [0.5, 0.6) is 11.6 Å². The van der Waals surface area contributed by atoms with E-state index < -0.39 is 17.5 Å². The molecule has 1 heterocycles. The molecule has 0 bridgehead atoms. The third-order valence-corrected chi connectivity index (χ3v) is 2.44. The number of nitriles is 1. The zero-order valence-corrected chi connectivity index (χ0v) is 10.4. The summed E-state index contributed by atoms with van der Waals surface area (Å²) in [5.74, 6) is -0.591. The third kappa shape index (κ3) is 3.16. The molecule has 0 fully saturated rings. The molecule has 4 nitrogen and oxygen atoms in total. The van der Waals surface area contributed by atoms with Crippen molar-refractivity contribution in [3.63, 3.8) is 0 Å². The van der Waals surface area contributed by atoms with Crippen LogP contribution in [0.4, 0.5) is 13.2 Å². The quantitative estimate of drug-likeness (QED) is 0.791. The van der Waals surface area contributed by atoms with Crippen molar-refractivity contribution in [2.24, 2.45) is 0 Å². The monoisotopic (exact) mass is 299 g/mol. The molecular formula is C12H5ClF3N3O. The highest BCUT2D eigenvalue weighted by atomic mass is 35.5. The largest absolute Gasteiger partial charge is 0.438 e. The number of hydrogen-bond acceptors (Lipinski definition) is 4. The summed E-state index contributed by atoms with van der Waals surface area (Å²) in [5.41, 5.74) is -1.18. The Morgan fingerprint density at radius 2 is 1.95 bits per heavy atom. The lowest BCUT2D eigenvalue weighted by atomic mass is 10.1. The molecule has 0 aliphatic carbocycles. The third-order valence-electron chi connectivity index (χ3n) is 2.24. The minimum absolute atomic E-state index is 0.0391. The van der Waals surface area contributed by atoms with Crippen molar-refractivity contribution in [3.8, 4) is 17.7 Å². The van der Waals surface area contributed by atoms with Crippen LogP contribution in [0.25, 0.3) is 0 Å². The maximum absolute atomic E-state index is 12.9. The van der Waals surface area contributed by atoms with Gasteiger partial charge in [0.1, 0.15) is 17.2 Å².